The number of likely N-dealkylation sites (tertiary alicyclic amines) is 1. The Hall–Kier alpha value is -1.67. The summed E-state index contributed by atoms with van der Waals surface area (Å²) in [5.74, 6) is -2.24. The molecule has 5 atom stereocenters. The summed E-state index contributed by atoms with van der Waals surface area (Å²) < 4.78 is 0. The van der Waals surface area contributed by atoms with Crippen molar-refractivity contribution in [2.75, 3.05) is 6.54 Å². The van der Waals surface area contributed by atoms with Crippen LogP contribution in [0.3, 0.4) is 0 Å². The minimum atomic E-state index is -1.14. The van der Waals surface area contributed by atoms with Crippen LogP contribution in [-0.2, 0) is 14.4 Å². The van der Waals surface area contributed by atoms with Crippen molar-refractivity contribution in [1.82, 2.24) is 10.2 Å². The van der Waals surface area contributed by atoms with Crippen molar-refractivity contribution in [1.29, 1.82) is 0 Å². The molecule has 0 radical (unpaired) electrons. The number of carbonyl (C=O) groups is 3. The van der Waals surface area contributed by atoms with E-state index in [4.69, 9.17) is 5.73 Å². The molecule has 1 heterocycles. The van der Waals surface area contributed by atoms with Gasteiger partial charge < -0.3 is 26.2 Å². The van der Waals surface area contributed by atoms with Gasteiger partial charge >= 0.3 is 5.97 Å². The highest BCUT2D eigenvalue weighted by molar-refractivity contribution is 5.92. The van der Waals surface area contributed by atoms with E-state index in [9.17, 15) is 24.6 Å². The summed E-state index contributed by atoms with van der Waals surface area (Å²) in [6.45, 7) is 5.44. The zero-order valence-corrected chi connectivity index (χ0v) is 13.9. The Morgan fingerprint density at radius 1 is 1.35 bits per heavy atom. The molecule has 0 bridgehead atoms. The predicted octanol–water partition coefficient (Wildman–Crippen LogP) is -0.699. The first kappa shape index (κ1) is 19.4. The zero-order chi connectivity index (χ0) is 17.7. The quantitative estimate of drug-likeness (QED) is 0.488. The van der Waals surface area contributed by atoms with Crippen LogP contribution in [0.4, 0.5) is 0 Å². The van der Waals surface area contributed by atoms with Crippen LogP contribution in [0, 0.1) is 5.92 Å². The van der Waals surface area contributed by atoms with Crippen molar-refractivity contribution in [3.05, 3.63) is 0 Å². The Balaban J connectivity index is 2.91. The molecule has 132 valence electrons. The largest absolute Gasteiger partial charge is 0.480 e. The summed E-state index contributed by atoms with van der Waals surface area (Å²) in [5, 5.41) is 21.2. The number of carboxylic acids is 1. The first-order valence-corrected chi connectivity index (χ1v) is 7.98. The average Bonchev–Trinajstić information content (AvgIpc) is 2.99. The number of nitrogens with two attached hydrogens (primary N) is 1. The summed E-state index contributed by atoms with van der Waals surface area (Å²) in [7, 11) is 0. The zero-order valence-electron chi connectivity index (χ0n) is 13.9. The maximum absolute atomic E-state index is 12.7. The van der Waals surface area contributed by atoms with Crippen LogP contribution in [0.2, 0.25) is 0 Å². The summed E-state index contributed by atoms with van der Waals surface area (Å²) in [6, 6.07) is -2.84. The fourth-order valence-electron chi connectivity index (χ4n) is 2.62. The van der Waals surface area contributed by atoms with E-state index in [0.717, 1.165) is 0 Å². The highest BCUT2D eigenvalue weighted by Crippen LogP contribution is 2.21. The van der Waals surface area contributed by atoms with Crippen molar-refractivity contribution < 1.29 is 24.6 Å². The Bertz CT molecular complexity index is 454. The van der Waals surface area contributed by atoms with Gasteiger partial charge in [-0.1, -0.05) is 20.3 Å². The van der Waals surface area contributed by atoms with E-state index in [1.807, 2.05) is 13.8 Å². The summed E-state index contributed by atoms with van der Waals surface area (Å²) in [4.78, 5) is 37.4. The van der Waals surface area contributed by atoms with Crippen molar-refractivity contribution in [3.63, 3.8) is 0 Å². The second-order valence-electron chi connectivity index (χ2n) is 6.17. The van der Waals surface area contributed by atoms with Crippen LogP contribution >= 0.6 is 0 Å². The molecule has 2 amide bonds. The minimum Gasteiger partial charge on any atom is -0.480 e. The normalized spacial score (nSPS) is 23.0. The highest BCUT2D eigenvalue weighted by atomic mass is 16.4. The van der Waals surface area contributed by atoms with E-state index in [1.165, 1.54) is 11.8 Å². The van der Waals surface area contributed by atoms with Gasteiger partial charge in [-0.3, -0.25) is 9.59 Å². The standard InChI is InChI=1S/C15H27N3O5/c1-4-8(2)12(17-13(20)11(16)9(3)19)14(21)18-7-5-6-10(18)15(22)23/h8-12,19H,4-7,16H2,1-3H3,(H,17,20)(H,22,23)/t8-,9+,10-,11-,12-/m0/s1. The van der Waals surface area contributed by atoms with E-state index in [1.54, 1.807) is 0 Å². The van der Waals surface area contributed by atoms with Crippen LogP contribution in [0.5, 0.6) is 0 Å². The Labute approximate surface area is 136 Å². The molecule has 8 heteroatoms. The van der Waals surface area contributed by atoms with Crippen molar-refractivity contribution in [3.8, 4) is 0 Å². The molecule has 1 rings (SSSR count). The smallest absolute Gasteiger partial charge is 0.326 e. The fourth-order valence-corrected chi connectivity index (χ4v) is 2.62. The molecular weight excluding hydrogens is 302 g/mol. The van der Waals surface area contributed by atoms with E-state index in [0.29, 0.717) is 25.8 Å². The van der Waals surface area contributed by atoms with E-state index in [-0.39, 0.29) is 5.92 Å². The Morgan fingerprint density at radius 3 is 2.43 bits per heavy atom. The Kier molecular flexibility index (Phi) is 6.96. The molecule has 1 aliphatic rings. The van der Waals surface area contributed by atoms with Crippen molar-refractivity contribution in [2.45, 2.75) is 64.3 Å². The van der Waals surface area contributed by atoms with Gasteiger partial charge in [0.15, 0.2) is 0 Å². The van der Waals surface area contributed by atoms with Crippen LogP contribution in [-0.4, -0.2) is 63.7 Å². The van der Waals surface area contributed by atoms with Crippen LogP contribution in [0.25, 0.3) is 0 Å². The number of aliphatic carboxylic acids is 1. The number of carbonyl (C=O) groups excluding carboxylic acids is 2. The Morgan fingerprint density at radius 2 is 1.96 bits per heavy atom. The third-order valence-electron chi connectivity index (χ3n) is 4.42. The number of aliphatic hydroxyl groups is 1. The van der Waals surface area contributed by atoms with Gasteiger partial charge in [-0.15, -0.1) is 0 Å². The van der Waals surface area contributed by atoms with Gasteiger partial charge in [0.05, 0.1) is 6.10 Å². The minimum absolute atomic E-state index is 0.178. The second kappa shape index (κ2) is 8.26. The molecule has 23 heavy (non-hydrogen) atoms. The summed E-state index contributed by atoms with van der Waals surface area (Å²) >= 11 is 0. The first-order chi connectivity index (χ1) is 10.7. The van der Waals surface area contributed by atoms with Crippen molar-refractivity contribution >= 4 is 17.8 Å². The number of aliphatic hydroxyl groups excluding tert-OH is 1. The van der Waals surface area contributed by atoms with Gasteiger partial charge in [-0.25, -0.2) is 4.79 Å². The molecule has 1 aliphatic heterocycles. The number of amides is 2. The lowest BCUT2D eigenvalue weighted by atomic mass is 9.96. The monoisotopic (exact) mass is 329 g/mol. The molecule has 0 unspecified atom stereocenters. The molecule has 0 spiro atoms. The number of rotatable bonds is 7. The number of nitrogens with one attached hydrogen (secondary N) is 1. The van der Waals surface area contributed by atoms with Crippen LogP contribution in [0.15, 0.2) is 0 Å². The molecule has 0 aromatic carbocycles. The topological polar surface area (TPSA) is 133 Å². The summed E-state index contributed by atoms with van der Waals surface area (Å²) in [5.41, 5.74) is 5.60. The molecule has 1 fully saturated rings. The van der Waals surface area contributed by atoms with Gasteiger partial charge in [0.25, 0.3) is 0 Å². The molecular formula is C15H27N3O5. The third kappa shape index (κ3) is 4.65. The molecule has 1 saturated heterocycles. The van der Waals surface area contributed by atoms with Gasteiger partial charge in [0.1, 0.15) is 18.1 Å². The second-order valence-corrected chi connectivity index (χ2v) is 6.17. The number of nitrogens with zero attached hydrogens (tertiary/aromatic N) is 1. The number of hydrogen-bond acceptors (Lipinski definition) is 5. The fraction of sp³-hybridized carbons (Fsp3) is 0.800. The predicted molar refractivity (Wildman–Crippen MR) is 83.4 cm³/mol. The average molecular weight is 329 g/mol. The molecule has 5 N–H and O–H groups in total. The lowest BCUT2D eigenvalue weighted by molar-refractivity contribution is -0.150. The van der Waals surface area contributed by atoms with Crippen molar-refractivity contribution in [2.24, 2.45) is 11.7 Å². The SMILES string of the molecule is CC[C@H](C)[C@H](NC(=O)[C@@H](N)[C@@H](C)O)C(=O)N1CCC[C@H]1C(=O)O. The summed E-state index contributed by atoms with van der Waals surface area (Å²) in [6.07, 6.45) is 0.625. The lowest BCUT2D eigenvalue weighted by Crippen LogP contribution is -2.58. The number of carboxylic acid groups (broad SMARTS) is 1. The molecule has 8 nitrogen and oxygen atoms in total. The van der Waals surface area contributed by atoms with E-state index in [2.05, 4.69) is 5.32 Å². The van der Waals surface area contributed by atoms with Gasteiger partial charge in [-0.05, 0) is 25.7 Å². The first-order valence-electron chi connectivity index (χ1n) is 7.98. The maximum atomic E-state index is 12.7. The molecule has 0 aromatic rings. The highest BCUT2D eigenvalue weighted by Gasteiger charge is 2.39. The van der Waals surface area contributed by atoms with Crippen LogP contribution < -0.4 is 11.1 Å². The number of hydrogen-bond donors (Lipinski definition) is 4. The van der Waals surface area contributed by atoms with E-state index >= 15 is 0 Å². The molecule has 0 aromatic heterocycles. The van der Waals surface area contributed by atoms with Gasteiger partial charge in [0, 0.05) is 6.54 Å². The maximum Gasteiger partial charge on any atom is 0.326 e. The van der Waals surface area contributed by atoms with E-state index < -0.39 is 42.0 Å². The molecule has 0 saturated carbocycles. The third-order valence-corrected chi connectivity index (χ3v) is 4.42. The molecule has 0 aliphatic carbocycles. The van der Waals surface area contributed by atoms with Crippen LogP contribution in [0.1, 0.15) is 40.0 Å². The lowest BCUT2D eigenvalue weighted by Gasteiger charge is -2.31. The van der Waals surface area contributed by atoms with Gasteiger partial charge in [-0.2, -0.15) is 0 Å². The van der Waals surface area contributed by atoms with Gasteiger partial charge in [0.2, 0.25) is 11.8 Å².